The molecule has 2 heteroatoms. The Morgan fingerprint density at radius 2 is 2.67 bits per heavy atom. The van der Waals surface area contributed by atoms with Crippen LogP contribution in [-0.2, 0) is 0 Å². The summed E-state index contributed by atoms with van der Waals surface area (Å²) in [5.41, 5.74) is 0.998. The number of terminal acetylenes is 1. The Morgan fingerprint density at radius 1 is 1.89 bits per heavy atom. The van der Waals surface area contributed by atoms with Gasteiger partial charge in [-0.3, -0.25) is 5.10 Å². The molecule has 0 bridgehead atoms. The van der Waals surface area contributed by atoms with E-state index in [1.807, 2.05) is 13.0 Å². The van der Waals surface area contributed by atoms with Crippen molar-refractivity contribution in [3.63, 3.8) is 0 Å². The van der Waals surface area contributed by atoms with E-state index in [-0.39, 0.29) is 5.92 Å². The first-order chi connectivity index (χ1) is 4.34. The van der Waals surface area contributed by atoms with E-state index in [2.05, 4.69) is 16.1 Å². The predicted molar refractivity (Wildman–Crippen MR) is 35.8 cm³/mol. The van der Waals surface area contributed by atoms with E-state index in [4.69, 9.17) is 6.42 Å². The number of hydrogen-bond donors (Lipinski definition) is 1. The summed E-state index contributed by atoms with van der Waals surface area (Å²) in [5, 5.41) is 6.57. The molecule has 1 atom stereocenters. The van der Waals surface area contributed by atoms with E-state index in [0.717, 1.165) is 5.69 Å². The van der Waals surface area contributed by atoms with Crippen LogP contribution in [0.1, 0.15) is 18.5 Å². The summed E-state index contributed by atoms with van der Waals surface area (Å²) in [6.45, 7) is 1.95. The lowest BCUT2D eigenvalue weighted by Crippen LogP contribution is -1.88. The van der Waals surface area contributed by atoms with Crippen molar-refractivity contribution < 1.29 is 0 Å². The first kappa shape index (κ1) is 5.90. The van der Waals surface area contributed by atoms with Gasteiger partial charge in [0.2, 0.25) is 0 Å². The second-order valence-corrected chi connectivity index (χ2v) is 1.90. The molecular formula is C7H8N2. The summed E-state index contributed by atoms with van der Waals surface area (Å²) in [7, 11) is 0. The lowest BCUT2D eigenvalue weighted by atomic mass is 10.1. The lowest BCUT2D eigenvalue weighted by molar-refractivity contribution is 0.907. The summed E-state index contributed by atoms with van der Waals surface area (Å²) < 4.78 is 0. The molecule has 0 fully saturated rings. The number of aromatic amines is 1. The van der Waals surface area contributed by atoms with Crippen LogP contribution in [0.3, 0.4) is 0 Å². The van der Waals surface area contributed by atoms with E-state index in [1.165, 1.54) is 0 Å². The molecule has 0 amide bonds. The van der Waals surface area contributed by atoms with Gasteiger partial charge >= 0.3 is 0 Å². The Kier molecular flexibility index (Phi) is 1.55. The van der Waals surface area contributed by atoms with Gasteiger partial charge in [0, 0.05) is 11.9 Å². The number of hydrogen-bond acceptors (Lipinski definition) is 1. The normalized spacial score (nSPS) is 12.4. The van der Waals surface area contributed by atoms with Crippen molar-refractivity contribution >= 4 is 0 Å². The van der Waals surface area contributed by atoms with E-state index in [1.54, 1.807) is 6.20 Å². The second kappa shape index (κ2) is 2.36. The molecule has 0 saturated heterocycles. The third-order valence-corrected chi connectivity index (χ3v) is 1.24. The van der Waals surface area contributed by atoms with Crippen LogP contribution in [0.25, 0.3) is 0 Å². The molecule has 1 unspecified atom stereocenters. The van der Waals surface area contributed by atoms with Crippen molar-refractivity contribution in [1.82, 2.24) is 10.2 Å². The van der Waals surface area contributed by atoms with E-state index >= 15 is 0 Å². The van der Waals surface area contributed by atoms with Crippen LogP contribution in [0.4, 0.5) is 0 Å². The molecule has 0 radical (unpaired) electrons. The molecule has 0 spiro atoms. The van der Waals surface area contributed by atoms with Crippen LogP contribution in [0.15, 0.2) is 12.3 Å². The number of nitrogens with zero attached hydrogens (tertiary/aromatic N) is 1. The molecule has 46 valence electrons. The molecule has 1 heterocycles. The first-order valence-electron chi connectivity index (χ1n) is 2.80. The third-order valence-electron chi connectivity index (χ3n) is 1.24. The first-order valence-corrected chi connectivity index (χ1v) is 2.80. The smallest absolute Gasteiger partial charge is 0.0588 e. The van der Waals surface area contributed by atoms with Gasteiger partial charge in [0.05, 0.1) is 5.92 Å². The van der Waals surface area contributed by atoms with Crippen LogP contribution in [0.2, 0.25) is 0 Å². The van der Waals surface area contributed by atoms with Crippen LogP contribution in [0, 0.1) is 12.3 Å². The zero-order valence-electron chi connectivity index (χ0n) is 5.26. The van der Waals surface area contributed by atoms with Gasteiger partial charge in [-0.05, 0) is 13.0 Å². The van der Waals surface area contributed by atoms with Crippen molar-refractivity contribution in [2.45, 2.75) is 12.8 Å². The van der Waals surface area contributed by atoms with Gasteiger partial charge in [-0.1, -0.05) is 5.92 Å². The molecule has 1 rings (SSSR count). The Morgan fingerprint density at radius 3 is 3.11 bits per heavy atom. The summed E-state index contributed by atoms with van der Waals surface area (Å²) in [6.07, 6.45) is 6.86. The highest BCUT2D eigenvalue weighted by molar-refractivity contribution is 5.15. The van der Waals surface area contributed by atoms with Crippen molar-refractivity contribution in [3.8, 4) is 12.3 Å². The average Bonchev–Trinajstić information content (AvgIpc) is 2.37. The number of nitrogens with one attached hydrogen (secondary N) is 1. The zero-order chi connectivity index (χ0) is 6.69. The number of rotatable bonds is 1. The molecule has 1 aromatic heterocycles. The van der Waals surface area contributed by atoms with Crippen molar-refractivity contribution in [1.29, 1.82) is 0 Å². The van der Waals surface area contributed by atoms with Gasteiger partial charge in [-0.15, -0.1) is 6.42 Å². The third kappa shape index (κ3) is 1.11. The average molecular weight is 120 g/mol. The Balaban J connectivity index is 2.80. The molecule has 1 N–H and O–H groups in total. The second-order valence-electron chi connectivity index (χ2n) is 1.90. The Labute approximate surface area is 54.3 Å². The number of H-pyrrole nitrogens is 1. The van der Waals surface area contributed by atoms with Crippen molar-refractivity contribution in [2.24, 2.45) is 0 Å². The molecular weight excluding hydrogens is 112 g/mol. The minimum atomic E-state index is 0.146. The molecule has 0 aromatic carbocycles. The van der Waals surface area contributed by atoms with E-state index in [0.29, 0.717) is 0 Å². The highest BCUT2D eigenvalue weighted by Crippen LogP contribution is 2.07. The fraction of sp³-hybridized carbons (Fsp3) is 0.286. The largest absolute Gasteiger partial charge is 0.281 e. The summed E-state index contributed by atoms with van der Waals surface area (Å²) in [5.74, 6) is 2.74. The van der Waals surface area contributed by atoms with Gasteiger partial charge in [-0.2, -0.15) is 5.10 Å². The summed E-state index contributed by atoms with van der Waals surface area (Å²) >= 11 is 0. The fourth-order valence-electron chi connectivity index (χ4n) is 0.598. The lowest BCUT2D eigenvalue weighted by Gasteiger charge is -1.95. The Hall–Kier alpha value is -1.23. The molecule has 0 saturated carbocycles. The SMILES string of the molecule is C#CC(C)c1ccn[nH]1. The summed E-state index contributed by atoms with van der Waals surface area (Å²) in [4.78, 5) is 0. The molecule has 9 heavy (non-hydrogen) atoms. The molecule has 0 aliphatic heterocycles. The molecule has 0 aliphatic carbocycles. The van der Waals surface area contributed by atoms with E-state index < -0.39 is 0 Å². The maximum atomic E-state index is 5.17. The van der Waals surface area contributed by atoms with Gasteiger partial charge in [0.25, 0.3) is 0 Å². The van der Waals surface area contributed by atoms with Crippen LogP contribution in [-0.4, -0.2) is 10.2 Å². The molecule has 0 aliphatic rings. The standard InChI is InChI=1S/C7H8N2/c1-3-6(2)7-4-5-8-9-7/h1,4-6H,2H3,(H,8,9). The van der Waals surface area contributed by atoms with Gasteiger partial charge in [0.15, 0.2) is 0 Å². The summed E-state index contributed by atoms with van der Waals surface area (Å²) in [6, 6.07) is 1.88. The fourth-order valence-corrected chi connectivity index (χ4v) is 0.598. The minimum absolute atomic E-state index is 0.146. The number of aromatic nitrogens is 2. The van der Waals surface area contributed by atoms with Crippen LogP contribution >= 0.6 is 0 Å². The molecule has 1 aromatic rings. The zero-order valence-corrected chi connectivity index (χ0v) is 5.26. The Bertz CT molecular complexity index is 205. The van der Waals surface area contributed by atoms with E-state index in [9.17, 15) is 0 Å². The van der Waals surface area contributed by atoms with Crippen LogP contribution < -0.4 is 0 Å². The maximum Gasteiger partial charge on any atom is 0.0588 e. The van der Waals surface area contributed by atoms with Crippen molar-refractivity contribution in [2.75, 3.05) is 0 Å². The highest BCUT2D eigenvalue weighted by Gasteiger charge is 1.99. The van der Waals surface area contributed by atoms with Gasteiger partial charge in [0.1, 0.15) is 0 Å². The maximum absolute atomic E-state index is 5.17. The monoisotopic (exact) mass is 120 g/mol. The van der Waals surface area contributed by atoms with Gasteiger partial charge < -0.3 is 0 Å². The quantitative estimate of drug-likeness (QED) is 0.553. The topological polar surface area (TPSA) is 28.7 Å². The van der Waals surface area contributed by atoms with Crippen LogP contribution in [0.5, 0.6) is 0 Å². The predicted octanol–water partition coefficient (Wildman–Crippen LogP) is 1.15. The minimum Gasteiger partial charge on any atom is -0.281 e. The van der Waals surface area contributed by atoms with Gasteiger partial charge in [-0.25, -0.2) is 0 Å². The molecule has 2 nitrogen and oxygen atoms in total. The van der Waals surface area contributed by atoms with Crippen molar-refractivity contribution in [3.05, 3.63) is 18.0 Å². The highest BCUT2D eigenvalue weighted by atomic mass is 15.1.